The van der Waals surface area contributed by atoms with E-state index in [0.717, 1.165) is 23.8 Å². The van der Waals surface area contributed by atoms with Gasteiger partial charge in [-0.25, -0.2) is 4.79 Å². The number of thioether (sulfide) groups is 1. The molecule has 8 heteroatoms. The van der Waals surface area contributed by atoms with Gasteiger partial charge >= 0.3 is 5.97 Å². The van der Waals surface area contributed by atoms with Gasteiger partial charge in [-0.15, -0.1) is 10.2 Å². The number of ketones is 1. The Morgan fingerprint density at radius 3 is 2.59 bits per heavy atom. The number of nitrogens with zero attached hydrogens (tertiary/aromatic N) is 3. The summed E-state index contributed by atoms with van der Waals surface area (Å²) in [6.07, 6.45) is 2.26. The Kier molecular flexibility index (Phi) is 6.50. The smallest absolute Gasteiger partial charge is 0.340 e. The fraction of sp³-hybridized carbons (Fsp3) is 0.417. The van der Waals surface area contributed by atoms with E-state index in [2.05, 4.69) is 31.9 Å². The second-order valence-corrected chi connectivity index (χ2v) is 9.46. The average molecular weight is 453 g/mol. The molecule has 168 valence electrons. The molecule has 0 spiro atoms. The fourth-order valence-electron chi connectivity index (χ4n) is 3.87. The van der Waals surface area contributed by atoms with E-state index in [1.54, 1.807) is 20.8 Å². The van der Waals surface area contributed by atoms with E-state index < -0.39 is 11.2 Å². The minimum atomic E-state index is -0.408. The molecule has 1 aromatic carbocycles. The van der Waals surface area contributed by atoms with Gasteiger partial charge in [-0.05, 0) is 51.7 Å². The molecule has 1 fully saturated rings. The summed E-state index contributed by atoms with van der Waals surface area (Å²) in [7, 11) is 0. The molecule has 4 rings (SSSR count). The first-order chi connectivity index (χ1) is 15.4. The third-order valence-electron chi connectivity index (χ3n) is 5.69. The summed E-state index contributed by atoms with van der Waals surface area (Å²) < 4.78 is 7.28. The van der Waals surface area contributed by atoms with Crippen molar-refractivity contribution in [3.8, 4) is 0 Å². The number of rotatable bonds is 9. The van der Waals surface area contributed by atoms with Crippen LogP contribution in [-0.4, -0.2) is 43.4 Å². The summed E-state index contributed by atoms with van der Waals surface area (Å²) in [5.41, 5.74) is 3.33. The Morgan fingerprint density at radius 1 is 1.22 bits per heavy atom. The van der Waals surface area contributed by atoms with Crippen molar-refractivity contribution in [1.82, 2.24) is 19.7 Å². The number of carbonyl (C=O) groups is 2. The number of nitrogens with one attached hydrogen (secondary N) is 1. The molecule has 0 saturated heterocycles. The first-order valence-electron chi connectivity index (χ1n) is 10.9. The highest BCUT2D eigenvalue weighted by molar-refractivity contribution is 8.00. The van der Waals surface area contributed by atoms with Gasteiger partial charge in [0, 0.05) is 11.6 Å². The molecular weight excluding hydrogens is 424 g/mol. The molecule has 1 unspecified atom stereocenters. The molecule has 1 atom stereocenters. The van der Waals surface area contributed by atoms with Crippen LogP contribution >= 0.6 is 11.8 Å². The zero-order valence-corrected chi connectivity index (χ0v) is 19.7. The van der Waals surface area contributed by atoms with Crippen LogP contribution in [0.1, 0.15) is 76.1 Å². The number of benzene rings is 1. The predicted molar refractivity (Wildman–Crippen MR) is 123 cm³/mol. The molecule has 0 bridgehead atoms. The number of esters is 1. The second kappa shape index (κ2) is 9.32. The van der Waals surface area contributed by atoms with Crippen LogP contribution in [0.15, 0.2) is 35.5 Å². The lowest BCUT2D eigenvalue weighted by atomic mass is 10.1. The number of aryl methyl sites for hydroxylation is 1. The van der Waals surface area contributed by atoms with Crippen LogP contribution in [0.4, 0.5) is 0 Å². The van der Waals surface area contributed by atoms with Crippen molar-refractivity contribution in [1.29, 1.82) is 0 Å². The highest BCUT2D eigenvalue weighted by Gasteiger charge is 2.32. The van der Waals surface area contributed by atoms with Gasteiger partial charge < -0.3 is 14.3 Å². The Morgan fingerprint density at radius 2 is 1.94 bits per heavy atom. The van der Waals surface area contributed by atoms with E-state index in [0.29, 0.717) is 41.6 Å². The summed E-state index contributed by atoms with van der Waals surface area (Å²) in [5.74, 6) is 0.961. The van der Waals surface area contributed by atoms with E-state index in [1.165, 1.54) is 17.3 Å². The van der Waals surface area contributed by atoms with Crippen molar-refractivity contribution in [2.45, 2.75) is 63.4 Å². The molecule has 0 amide bonds. The van der Waals surface area contributed by atoms with Crippen molar-refractivity contribution >= 4 is 23.5 Å². The zero-order valence-electron chi connectivity index (χ0n) is 18.8. The van der Waals surface area contributed by atoms with Crippen LogP contribution in [0, 0.1) is 13.8 Å². The maximum absolute atomic E-state index is 13.3. The third-order valence-corrected chi connectivity index (χ3v) is 6.77. The van der Waals surface area contributed by atoms with Crippen LogP contribution in [-0.2, 0) is 11.3 Å². The van der Waals surface area contributed by atoms with E-state index in [-0.39, 0.29) is 5.78 Å². The van der Waals surface area contributed by atoms with Gasteiger partial charge in [-0.3, -0.25) is 4.79 Å². The van der Waals surface area contributed by atoms with Gasteiger partial charge in [0.15, 0.2) is 10.9 Å². The molecule has 3 aromatic rings. The monoisotopic (exact) mass is 452 g/mol. The van der Waals surface area contributed by atoms with Gasteiger partial charge in [0.05, 0.1) is 29.7 Å². The van der Waals surface area contributed by atoms with Crippen molar-refractivity contribution in [2.24, 2.45) is 0 Å². The fourth-order valence-corrected chi connectivity index (χ4v) is 4.78. The summed E-state index contributed by atoms with van der Waals surface area (Å²) in [6.45, 7) is 8.16. The second-order valence-electron chi connectivity index (χ2n) is 8.16. The van der Waals surface area contributed by atoms with Gasteiger partial charge in [-0.1, -0.05) is 42.1 Å². The highest BCUT2D eigenvalue weighted by atomic mass is 32.2. The molecule has 1 aliphatic rings. The number of carbonyl (C=O) groups excluding carboxylic acids is 2. The minimum Gasteiger partial charge on any atom is -0.462 e. The van der Waals surface area contributed by atoms with Crippen molar-refractivity contribution in [2.75, 3.05) is 6.61 Å². The van der Waals surface area contributed by atoms with Crippen molar-refractivity contribution in [3.05, 3.63) is 64.2 Å². The molecule has 2 heterocycles. The molecule has 1 saturated carbocycles. The minimum absolute atomic E-state index is 0.0756. The normalized spacial score (nSPS) is 14.4. The molecule has 2 aromatic heterocycles. The summed E-state index contributed by atoms with van der Waals surface area (Å²) >= 11 is 1.40. The Hall–Kier alpha value is -2.87. The van der Waals surface area contributed by atoms with E-state index in [4.69, 9.17) is 4.74 Å². The highest BCUT2D eigenvalue weighted by Crippen LogP contribution is 2.40. The number of hydrogen-bond acceptors (Lipinski definition) is 6. The number of hydrogen-bond donors (Lipinski definition) is 1. The summed E-state index contributed by atoms with van der Waals surface area (Å²) in [4.78, 5) is 28.7. The van der Waals surface area contributed by atoms with Crippen LogP contribution in [0.2, 0.25) is 0 Å². The van der Waals surface area contributed by atoms with Crippen molar-refractivity contribution in [3.63, 3.8) is 0 Å². The first kappa shape index (κ1) is 22.3. The number of ether oxygens (including phenoxy) is 1. The number of Topliss-reactive ketones (excluding diaryl/α,β-unsaturated/α-hetero) is 1. The third kappa shape index (κ3) is 4.50. The van der Waals surface area contributed by atoms with Gasteiger partial charge in [-0.2, -0.15) is 0 Å². The topological polar surface area (TPSA) is 89.9 Å². The molecule has 7 nitrogen and oxygen atoms in total. The maximum atomic E-state index is 13.3. The van der Waals surface area contributed by atoms with Gasteiger partial charge in [0.1, 0.15) is 5.82 Å². The standard InChI is InChI=1S/C24H28N4O3S/c1-5-31-23(30)19-14(2)20(25-15(19)3)21(29)16(4)32-24-27-26-22(18-11-12-18)28(24)13-17-9-7-6-8-10-17/h6-10,16,18,25H,5,11-13H2,1-4H3. The number of aromatic amines is 1. The van der Waals surface area contributed by atoms with Crippen molar-refractivity contribution < 1.29 is 14.3 Å². The molecule has 32 heavy (non-hydrogen) atoms. The molecule has 1 aliphatic carbocycles. The summed E-state index contributed by atoms with van der Waals surface area (Å²) in [6, 6.07) is 10.2. The number of H-pyrrole nitrogens is 1. The van der Waals surface area contributed by atoms with Crippen LogP contribution in [0.5, 0.6) is 0 Å². The first-order valence-corrected chi connectivity index (χ1v) is 11.8. The van der Waals surface area contributed by atoms with Crippen LogP contribution in [0.3, 0.4) is 0 Å². The SMILES string of the molecule is CCOC(=O)c1c(C)[nH]c(C(=O)C(C)Sc2nnc(C3CC3)n2Cc2ccccc2)c1C. The predicted octanol–water partition coefficient (Wildman–Crippen LogP) is 4.69. The van der Waals surface area contributed by atoms with E-state index in [1.807, 2.05) is 25.1 Å². The Labute approximate surface area is 192 Å². The molecule has 1 N–H and O–H groups in total. The van der Waals surface area contributed by atoms with Gasteiger partial charge in [0.25, 0.3) is 0 Å². The zero-order chi connectivity index (χ0) is 22.8. The largest absolute Gasteiger partial charge is 0.462 e. The lowest BCUT2D eigenvalue weighted by molar-refractivity contribution is 0.0525. The van der Waals surface area contributed by atoms with E-state index >= 15 is 0 Å². The maximum Gasteiger partial charge on any atom is 0.340 e. The average Bonchev–Trinajstić information content (AvgIpc) is 3.48. The molecular formula is C24H28N4O3S. The van der Waals surface area contributed by atoms with Gasteiger partial charge in [0.2, 0.25) is 0 Å². The Bertz CT molecular complexity index is 1130. The molecule has 0 radical (unpaired) electrons. The molecule has 0 aliphatic heterocycles. The number of aromatic nitrogens is 4. The lowest BCUT2D eigenvalue weighted by Gasteiger charge is -2.13. The summed E-state index contributed by atoms with van der Waals surface area (Å²) in [5, 5.41) is 9.22. The van der Waals surface area contributed by atoms with Crippen LogP contribution < -0.4 is 0 Å². The van der Waals surface area contributed by atoms with E-state index in [9.17, 15) is 9.59 Å². The Balaban J connectivity index is 1.57. The van der Waals surface area contributed by atoms with Crippen LogP contribution in [0.25, 0.3) is 0 Å². The lowest BCUT2D eigenvalue weighted by Crippen LogP contribution is -2.17. The quantitative estimate of drug-likeness (QED) is 0.288.